The Labute approximate surface area is 117 Å². The van der Waals surface area contributed by atoms with Gasteiger partial charge < -0.3 is 15.2 Å². The van der Waals surface area contributed by atoms with Crippen LogP contribution in [-0.2, 0) is 4.79 Å². The van der Waals surface area contributed by atoms with E-state index in [1.54, 1.807) is 18.2 Å². The van der Waals surface area contributed by atoms with E-state index in [1.807, 2.05) is 6.92 Å². The van der Waals surface area contributed by atoms with Crippen molar-refractivity contribution in [2.75, 3.05) is 6.54 Å². The van der Waals surface area contributed by atoms with Gasteiger partial charge >= 0.3 is 5.97 Å². The van der Waals surface area contributed by atoms with Gasteiger partial charge in [-0.25, -0.2) is 4.39 Å². The zero-order chi connectivity index (χ0) is 14.6. The summed E-state index contributed by atoms with van der Waals surface area (Å²) in [5, 5.41) is 12.5. The third-order valence-corrected chi connectivity index (χ3v) is 3.72. The quantitative estimate of drug-likeness (QED) is 0.841. The van der Waals surface area contributed by atoms with E-state index in [2.05, 4.69) is 5.32 Å². The van der Waals surface area contributed by atoms with Gasteiger partial charge in [0.15, 0.2) is 11.6 Å². The molecule has 0 amide bonds. The van der Waals surface area contributed by atoms with Gasteiger partial charge in [0.1, 0.15) is 11.6 Å². The molecule has 1 aliphatic rings. The van der Waals surface area contributed by atoms with E-state index in [0.29, 0.717) is 25.8 Å². The second-order valence-corrected chi connectivity index (χ2v) is 5.23. The fraction of sp³-hybridized carbons (Fsp3) is 0.533. The minimum Gasteiger partial charge on any atom is -0.487 e. The SMILES string of the molecule is CCCNC1(C(=O)O)CCC(Oc2ccccc2F)C1. The van der Waals surface area contributed by atoms with Crippen molar-refractivity contribution in [3.05, 3.63) is 30.1 Å². The number of aliphatic carboxylic acids is 1. The predicted molar refractivity (Wildman–Crippen MR) is 73.3 cm³/mol. The van der Waals surface area contributed by atoms with E-state index >= 15 is 0 Å². The van der Waals surface area contributed by atoms with E-state index in [-0.39, 0.29) is 11.9 Å². The first-order valence-corrected chi connectivity index (χ1v) is 6.97. The van der Waals surface area contributed by atoms with Gasteiger partial charge in [-0.3, -0.25) is 4.79 Å². The number of hydrogen-bond donors (Lipinski definition) is 2. The summed E-state index contributed by atoms with van der Waals surface area (Å²) in [5.41, 5.74) is -0.939. The number of para-hydroxylation sites is 1. The molecule has 1 fully saturated rings. The molecule has 2 atom stereocenters. The molecule has 1 aliphatic carbocycles. The molecule has 0 aromatic heterocycles. The number of nitrogens with one attached hydrogen (secondary N) is 1. The first-order chi connectivity index (χ1) is 9.57. The molecule has 5 heteroatoms. The Bertz CT molecular complexity index is 480. The molecule has 2 unspecified atom stereocenters. The van der Waals surface area contributed by atoms with Crippen LogP contribution in [0.1, 0.15) is 32.6 Å². The Morgan fingerprint density at radius 3 is 2.95 bits per heavy atom. The van der Waals surface area contributed by atoms with E-state index in [0.717, 1.165) is 6.42 Å². The largest absolute Gasteiger partial charge is 0.487 e. The zero-order valence-corrected chi connectivity index (χ0v) is 11.6. The van der Waals surface area contributed by atoms with Crippen molar-refractivity contribution in [1.29, 1.82) is 0 Å². The maximum atomic E-state index is 13.5. The summed E-state index contributed by atoms with van der Waals surface area (Å²) in [7, 11) is 0. The highest BCUT2D eigenvalue weighted by Gasteiger charge is 2.46. The van der Waals surface area contributed by atoms with Crippen LogP contribution in [0.25, 0.3) is 0 Å². The number of halogens is 1. The highest BCUT2D eigenvalue weighted by molar-refractivity contribution is 5.79. The summed E-state index contributed by atoms with van der Waals surface area (Å²) < 4.78 is 19.2. The Morgan fingerprint density at radius 2 is 2.30 bits per heavy atom. The molecule has 1 aromatic rings. The molecule has 0 aliphatic heterocycles. The van der Waals surface area contributed by atoms with Crippen LogP contribution in [-0.4, -0.2) is 29.3 Å². The smallest absolute Gasteiger partial charge is 0.324 e. The molecule has 4 nitrogen and oxygen atoms in total. The third kappa shape index (κ3) is 3.10. The second-order valence-electron chi connectivity index (χ2n) is 5.23. The average molecular weight is 281 g/mol. The van der Waals surface area contributed by atoms with E-state index in [4.69, 9.17) is 4.74 Å². The zero-order valence-electron chi connectivity index (χ0n) is 11.6. The Kier molecular flexibility index (Phi) is 4.60. The summed E-state index contributed by atoms with van der Waals surface area (Å²) in [4.78, 5) is 11.5. The van der Waals surface area contributed by atoms with Gasteiger partial charge in [0.05, 0.1) is 0 Å². The molecular formula is C15H20FNO3. The average Bonchev–Trinajstić information content (AvgIpc) is 2.84. The minimum atomic E-state index is -0.939. The Morgan fingerprint density at radius 1 is 1.55 bits per heavy atom. The monoisotopic (exact) mass is 281 g/mol. The molecule has 110 valence electrons. The van der Waals surface area contributed by atoms with E-state index < -0.39 is 17.3 Å². The van der Waals surface area contributed by atoms with Crippen LogP contribution in [0.3, 0.4) is 0 Å². The van der Waals surface area contributed by atoms with Gasteiger partial charge in [-0.1, -0.05) is 19.1 Å². The van der Waals surface area contributed by atoms with Crippen LogP contribution in [0, 0.1) is 5.82 Å². The van der Waals surface area contributed by atoms with Crippen molar-refractivity contribution in [2.24, 2.45) is 0 Å². The summed E-state index contributed by atoms with van der Waals surface area (Å²) in [6, 6.07) is 6.20. The normalized spacial score (nSPS) is 25.6. The minimum absolute atomic E-state index is 0.189. The fourth-order valence-electron chi connectivity index (χ4n) is 2.62. The molecular weight excluding hydrogens is 261 g/mol. The van der Waals surface area contributed by atoms with Crippen molar-refractivity contribution in [2.45, 2.75) is 44.2 Å². The number of benzene rings is 1. The lowest BCUT2D eigenvalue weighted by molar-refractivity contribution is -0.144. The predicted octanol–water partition coefficient (Wildman–Crippen LogP) is 2.58. The number of hydrogen-bond acceptors (Lipinski definition) is 3. The molecule has 0 spiro atoms. The van der Waals surface area contributed by atoms with Crippen molar-refractivity contribution >= 4 is 5.97 Å². The summed E-state index contributed by atoms with van der Waals surface area (Å²) in [6.45, 7) is 2.64. The van der Waals surface area contributed by atoms with Gasteiger partial charge in [-0.2, -0.15) is 0 Å². The standard InChI is InChI=1S/C15H20FNO3/c1-2-9-17-15(14(18)19)8-7-11(10-15)20-13-6-4-3-5-12(13)16/h3-6,11,17H,2,7-10H2,1H3,(H,18,19). The van der Waals surface area contributed by atoms with Crippen LogP contribution >= 0.6 is 0 Å². The summed E-state index contributed by atoms with van der Waals surface area (Å²) in [6.07, 6.45) is 2.07. The maximum absolute atomic E-state index is 13.5. The Hall–Kier alpha value is -1.62. The van der Waals surface area contributed by atoms with E-state index in [1.165, 1.54) is 6.07 Å². The lowest BCUT2D eigenvalue weighted by atomic mass is 9.97. The van der Waals surface area contributed by atoms with Crippen molar-refractivity contribution in [1.82, 2.24) is 5.32 Å². The van der Waals surface area contributed by atoms with Crippen LogP contribution < -0.4 is 10.1 Å². The van der Waals surface area contributed by atoms with Gasteiger partial charge in [0, 0.05) is 6.42 Å². The fourth-order valence-corrected chi connectivity index (χ4v) is 2.62. The highest BCUT2D eigenvalue weighted by Crippen LogP contribution is 2.33. The van der Waals surface area contributed by atoms with Gasteiger partial charge in [-0.05, 0) is 37.9 Å². The van der Waals surface area contributed by atoms with Gasteiger partial charge in [-0.15, -0.1) is 0 Å². The van der Waals surface area contributed by atoms with Crippen molar-refractivity contribution in [3.63, 3.8) is 0 Å². The third-order valence-electron chi connectivity index (χ3n) is 3.72. The van der Waals surface area contributed by atoms with Crippen molar-refractivity contribution in [3.8, 4) is 5.75 Å². The Balaban J connectivity index is 2.03. The molecule has 0 saturated heterocycles. The first-order valence-electron chi connectivity index (χ1n) is 6.97. The van der Waals surface area contributed by atoms with Crippen LogP contribution in [0.4, 0.5) is 4.39 Å². The van der Waals surface area contributed by atoms with E-state index in [9.17, 15) is 14.3 Å². The molecule has 0 radical (unpaired) electrons. The molecule has 0 heterocycles. The molecule has 1 saturated carbocycles. The van der Waals surface area contributed by atoms with Gasteiger partial charge in [0.2, 0.25) is 0 Å². The second kappa shape index (κ2) is 6.22. The first kappa shape index (κ1) is 14.8. The lowest BCUT2D eigenvalue weighted by Gasteiger charge is -2.25. The number of carboxylic acids is 1. The van der Waals surface area contributed by atoms with Crippen LogP contribution in [0.5, 0.6) is 5.75 Å². The van der Waals surface area contributed by atoms with Crippen molar-refractivity contribution < 1.29 is 19.0 Å². The molecule has 2 N–H and O–H groups in total. The number of ether oxygens (including phenoxy) is 1. The number of carbonyl (C=O) groups is 1. The molecule has 2 rings (SSSR count). The topological polar surface area (TPSA) is 58.6 Å². The van der Waals surface area contributed by atoms with Gasteiger partial charge in [0.25, 0.3) is 0 Å². The molecule has 20 heavy (non-hydrogen) atoms. The lowest BCUT2D eigenvalue weighted by Crippen LogP contribution is -2.50. The molecule has 0 bridgehead atoms. The highest BCUT2D eigenvalue weighted by atomic mass is 19.1. The number of carboxylic acid groups (broad SMARTS) is 1. The number of rotatable bonds is 6. The summed E-state index contributed by atoms with van der Waals surface area (Å²) >= 11 is 0. The molecule has 1 aromatic carbocycles. The van der Waals surface area contributed by atoms with Crippen LogP contribution in [0.2, 0.25) is 0 Å². The maximum Gasteiger partial charge on any atom is 0.324 e. The van der Waals surface area contributed by atoms with Crippen LogP contribution in [0.15, 0.2) is 24.3 Å². The summed E-state index contributed by atoms with van der Waals surface area (Å²) in [5.74, 6) is -1.08.